The number of rotatable bonds is 8. The third-order valence-electron chi connectivity index (χ3n) is 6.04. The largest absolute Gasteiger partial charge is 0.494 e. The van der Waals surface area contributed by atoms with Gasteiger partial charge >= 0.3 is 5.97 Å². The fourth-order valence-corrected chi connectivity index (χ4v) is 5.52. The number of hydrogen-bond acceptors (Lipinski definition) is 6. The molecule has 0 unspecified atom stereocenters. The molecule has 8 heteroatoms. The van der Waals surface area contributed by atoms with Crippen molar-refractivity contribution in [2.45, 2.75) is 51.5 Å². The Morgan fingerprint density at radius 2 is 1.94 bits per heavy atom. The van der Waals surface area contributed by atoms with Crippen LogP contribution >= 0.6 is 24.0 Å². The first-order valence-corrected chi connectivity index (χ1v) is 12.5. The van der Waals surface area contributed by atoms with Crippen molar-refractivity contribution in [3.05, 3.63) is 47.1 Å². The van der Waals surface area contributed by atoms with Crippen molar-refractivity contribution >= 4 is 46.3 Å². The standard InChI is InChI=1S/C25H27NO5S2/c1-2-3-14-30-19-10-6-16(7-11-19)21-13-12-20(31-21)15-22-23(27)26(25(32)33-22)18-8-4-17(5-9-18)24(28)29/h6-7,10-13,15,17-18H,2-5,8-9,14H2,1H3,(H,28,29)/b22-15+. The maximum atomic E-state index is 13.0. The van der Waals surface area contributed by atoms with Gasteiger partial charge in [0.05, 0.1) is 17.4 Å². The molecule has 1 aliphatic carbocycles. The maximum absolute atomic E-state index is 13.0. The zero-order chi connectivity index (χ0) is 23.4. The lowest BCUT2D eigenvalue weighted by Gasteiger charge is -2.32. The minimum Gasteiger partial charge on any atom is -0.494 e. The maximum Gasteiger partial charge on any atom is 0.306 e. The minimum absolute atomic E-state index is 0.0378. The van der Waals surface area contributed by atoms with E-state index in [-0.39, 0.29) is 17.9 Å². The molecule has 2 heterocycles. The number of carbonyl (C=O) groups is 2. The third kappa shape index (κ3) is 5.50. The average Bonchev–Trinajstić information content (AvgIpc) is 3.39. The predicted octanol–water partition coefficient (Wildman–Crippen LogP) is 5.97. The van der Waals surface area contributed by atoms with Gasteiger partial charge in [-0.2, -0.15) is 0 Å². The summed E-state index contributed by atoms with van der Waals surface area (Å²) in [4.78, 5) is 26.4. The number of hydrogen-bond donors (Lipinski definition) is 1. The Labute approximate surface area is 203 Å². The predicted molar refractivity (Wildman–Crippen MR) is 133 cm³/mol. The van der Waals surface area contributed by atoms with E-state index in [0.29, 0.717) is 53.0 Å². The molecule has 1 amide bonds. The zero-order valence-corrected chi connectivity index (χ0v) is 20.1. The van der Waals surface area contributed by atoms with Gasteiger partial charge in [-0.1, -0.05) is 37.3 Å². The van der Waals surface area contributed by atoms with Crippen LogP contribution in [-0.4, -0.2) is 38.9 Å². The number of aliphatic carboxylic acids is 1. The number of carbonyl (C=O) groups excluding carboxylic acids is 1. The van der Waals surface area contributed by atoms with Gasteiger partial charge < -0.3 is 14.3 Å². The molecule has 0 atom stereocenters. The van der Waals surface area contributed by atoms with Crippen molar-refractivity contribution in [1.29, 1.82) is 0 Å². The van der Waals surface area contributed by atoms with Gasteiger partial charge in [0, 0.05) is 17.7 Å². The smallest absolute Gasteiger partial charge is 0.306 e. The van der Waals surface area contributed by atoms with Gasteiger partial charge in [0.15, 0.2) is 0 Å². The van der Waals surface area contributed by atoms with Gasteiger partial charge in [0.25, 0.3) is 5.91 Å². The van der Waals surface area contributed by atoms with Crippen LogP contribution < -0.4 is 4.74 Å². The summed E-state index contributed by atoms with van der Waals surface area (Å²) in [6, 6.07) is 11.4. The first kappa shape index (κ1) is 23.6. The lowest BCUT2D eigenvalue weighted by Crippen LogP contribution is -2.41. The molecule has 4 rings (SSSR count). The Balaban J connectivity index is 1.41. The van der Waals surface area contributed by atoms with Gasteiger partial charge in [0.1, 0.15) is 21.6 Å². The van der Waals surface area contributed by atoms with Crippen molar-refractivity contribution < 1.29 is 23.8 Å². The summed E-state index contributed by atoms with van der Waals surface area (Å²) in [5.41, 5.74) is 0.931. The number of nitrogens with zero attached hydrogens (tertiary/aromatic N) is 1. The fourth-order valence-electron chi connectivity index (χ4n) is 4.14. The number of unbranched alkanes of at least 4 members (excludes halogenated alkanes) is 1. The highest BCUT2D eigenvalue weighted by molar-refractivity contribution is 8.26. The lowest BCUT2D eigenvalue weighted by molar-refractivity contribution is -0.143. The van der Waals surface area contributed by atoms with Crippen molar-refractivity contribution in [2.24, 2.45) is 5.92 Å². The van der Waals surface area contributed by atoms with Crippen molar-refractivity contribution in [2.75, 3.05) is 6.61 Å². The quantitative estimate of drug-likeness (QED) is 0.280. The molecule has 6 nitrogen and oxygen atoms in total. The van der Waals surface area contributed by atoms with Crippen LogP contribution in [0.25, 0.3) is 17.4 Å². The summed E-state index contributed by atoms with van der Waals surface area (Å²) in [6.07, 6.45) is 6.30. The molecule has 2 aromatic rings. The van der Waals surface area contributed by atoms with E-state index in [2.05, 4.69) is 6.92 Å². The summed E-state index contributed by atoms with van der Waals surface area (Å²) >= 11 is 6.74. The topological polar surface area (TPSA) is 80.0 Å². The molecular weight excluding hydrogens is 458 g/mol. The van der Waals surface area contributed by atoms with Crippen LogP contribution in [0, 0.1) is 5.92 Å². The molecule has 2 aliphatic rings. The molecule has 1 aromatic heterocycles. The SMILES string of the molecule is CCCCOc1ccc(-c2ccc(/C=C3/SC(=S)N(C4CCC(C(=O)O)CC4)C3=O)o2)cc1. The highest BCUT2D eigenvalue weighted by atomic mass is 32.2. The fraction of sp³-hybridized carbons (Fsp3) is 0.400. The third-order valence-corrected chi connectivity index (χ3v) is 7.37. The van der Waals surface area contributed by atoms with E-state index < -0.39 is 5.97 Å². The highest BCUT2D eigenvalue weighted by Crippen LogP contribution is 2.39. The number of carboxylic acid groups (broad SMARTS) is 1. The van der Waals surface area contributed by atoms with Crippen molar-refractivity contribution in [3.63, 3.8) is 0 Å². The molecule has 174 valence electrons. The van der Waals surface area contributed by atoms with E-state index in [9.17, 15) is 14.7 Å². The van der Waals surface area contributed by atoms with Crippen LogP contribution in [0.2, 0.25) is 0 Å². The van der Waals surface area contributed by atoms with E-state index in [1.165, 1.54) is 11.8 Å². The van der Waals surface area contributed by atoms with E-state index in [1.807, 2.05) is 36.4 Å². The molecule has 0 radical (unpaired) electrons. The van der Waals surface area contributed by atoms with Crippen LogP contribution in [-0.2, 0) is 9.59 Å². The summed E-state index contributed by atoms with van der Waals surface area (Å²) in [5.74, 6) is 0.919. The summed E-state index contributed by atoms with van der Waals surface area (Å²) < 4.78 is 12.2. The Morgan fingerprint density at radius 1 is 1.21 bits per heavy atom. The second kappa shape index (κ2) is 10.6. The molecule has 1 aromatic carbocycles. The normalized spacial score (nSPS) is 22.2. The van der Waals surface area contributed by atoms with Crippen LogP contribution in [0.15, 0.2) is 45.7 Å². The Bertz CT molecular complexity index is 1050. The number of benzene rings is 1. The van der Waals surface area contributed by atoms with Crippen LogP contribution in [0.5, 0.6) is 5.75 Å². The minimum atomic E-state index is -0.758. The van der Waals surface area contributed by atoms with Gasteiger partial charge in [-0.25, -0.2) is 0 Å². The summed E-state index contributed by atoms with van der Waals surface area (Å²) in [5, 5.41) is 9.21. The van der Waals surface area contributed by atoms with Crippen molar-refractivity contribution in [3.8, 4) is 17.1 Å². The van der Waals surface area contributed by atoms with Crippen molar-refractivity contribution in [1.82, 2.24) is 4.90 Å². The number of carboxylic acids is 1. The molecular formula is C25H27NO5S2. The summed E-state index contributed by atoms with van der Waals surface area (Å²) in [7, 11) is 0. The van der Waals surface area contributed by atoms with Gasteiger partial charge in [-0.05, 0) is 68.5 Å². The molecule has 1 saturated heterocycles. The first-order valence-electron chi connectivity index (χ1n) is 11.3. The van der Waals surface area contributed by atoms with E-state index in [4.69, 9.17) is 21.4 Å². The monoisotopic (exact) mass is 485 g/mol. The molecule has 0 spiro atoms. The number of amides is 1. The Kier molecular flexibility index (Phi) is 7.55. The van der Waals surface area contributed by atoms with E-state index in [1.54, 1.807) is 11.0 Å². The second-order valence-corrected chi connectivity index (χ2v) is 10.00. The van der Waals surface area contributed by atoms with Crippen LogP contribution in [0.3, 0.4) is 0 Å². The number of furan rings is 1. The molecule has 1 N–H and O–H groups in total. The average molecular weight is 486 g/mol. The molecule has 2 fully saturated rings. The number of thiocarbonyl (C=S) groups is 1. The second-order valence-electron chi connectivity index (χ2n) is 8.32. The Hall–Kier alpha value is -2.58. The first-order chi connectivity index (χ1) is 16.0. The van der Waals surface area contributed by atoms with Gasteiger partial charge in [-0.3, -0.25) is 14.5 Å². The number of ether oxygens (including phenoxy) is 1. The highest BCUT2D eigenvalue weighted by Gasteiger charge is 2.39. The van der Waals surface area contributed by atoms with E-state index in [0.717, 1.165) is 24.2 Å². The molecule has 1 aliphatic heterocycles. The molecule has 33 heavy (non-hydrogen) atoms. The van der Waals surface area contributed by atoms with Crippen LogP contribution in [0.4, 0.5) is 0 Å². The Morgan fingerprint density at radius 3 is 2.61 bits per heavy atom. The van der Waals surface area contributed by atoms with Crippen LogP contribution in [0.1, 0.15) is 51.2 Å². The molecule has 1 saturated carbocycles. The van der Waals surface area contributed by atoms with Gasteiger partial charge in [0.2, 0.25) is 0 Å². The molecule has 0 bridgehead atoms. The number of thioether (sulfide) groups is 1. The van der Waals surface area contributed by atoms with E-state index >= 15 is 0 Å². The van der Waals surface area contributed by atoms with Gasteiger partial charge in [-0.15, -0.1) is 0 Å². The zero-order valence-electron chi connectivity index (χ0n) is 18.5. The lowest BCUT2D eigenvalue weighted by atomic mass is 9.85. The summed E-state index contributed by atoms with van der Waals surface area (Å²) in [6.45, 7) is 2.84.